The summed E-state index contributed by atoms with van der Waals surface area (Å²) in [6.45, 7) is 4.72. The van der Waals surface area contributed by atoms with Crippen molar-refractivity contribution in [1.82, 2.24) is 15.2 Å². The van der Waals surface area contributed by atoms with Gasteiger partial charge in [0.25, 0.3) is 0 Å². The highest BCUT2D eigenvalue weighted by Gasteiger charge is 2.31. The predicted octanol–water partition coefficient (Wildman–Crippen LogP) is 5.00. The molecule has 4 rings (SSSR count). The van der Waals surface area contributed by atoms with Crippen molar-refractivity contribution in [2.45, 2.75) is 51.5 Å². The number of carbonyl (C=O) groups is 1. The third-order valence-corrected chi connectivity index (χ3v) is 5.50. The van der Waals surface area contributed by atoms with Crippen LogP contribution in [0, 0.1) is 0 Å². The van der Waals surface area contributed by atoms with Gasteiger partial charge in [0, 0.05) is 17.5 Å². The molecule has 0 saturated heterocycles. The number of aromatic nitrogens is 3. The van der Waals surface area contributed by atoms with E-state index in [0.29, 0.717) is 12.5 Å². The zero-order valence-corrected chi connectivity index (χ0v) is 17.7. The van der Waals surface area contributed by atoms with E-state index in [1.807, 2.05) is 35.5 Å². The van der Waals surface area contributed by atoms with Crippen LogP contribution in [0.15, 0.2) is 55.0 Å². The molecule has 0 spiro atoms. The van der Waals surface area contributed by atoms with Crippen molar-refractivity contribution < 1.29 is 4.79 Å². The van der Waals surface area contributed by atoms with Gasteiger partial charge in [0.2, 0.25) is 5.91 Å². The van der Waals surface area contributed by atoms with Crippen molar-refractivity contribution in [3.63, 3.8) is 0 Å². The number of amides is 1. The van der Waals surface area contributed by atoms with Crippen LogP contribution >= 0.6 is 12.4 Å². The SMILES string of the molecule is CC(C)c1ccc(N(Cc2cn[nH]c2)C(=O)C2CCCc3ccccc32)cn1.Cl. The number of pyridine rings is 1. The second-order valence-corrected chi connectivity index (χ2v) is 7.77. The number of halogens is 1. The van der Waals surface area contributed by atoms with E-state index in [1.54, 1.807) is 6.20 Å². The Morgan fingerprint density at radius 2 is 2.03 bits per heavy atom. The molecule has 0 fully saturated rings. The van der Waals surface area contributed by atoms with Crippen molar-refractivity contribution in [2.24, 2.45) is 0 Å². The number of H-pyrrole nitrogens is 1. The summed E-state index contributed by atoms with van der Waals surface area (Å²) in [7, 11) is 0. The first-order valence-corrected chi connectivity index (χ1v) is 9.96. The molecule has 1 atom stereocenters. The van der Waals surface area contributed by atoms with Crippen LogP contribution in [0.1, 0.15) is 60.9 Å². The monoisotopic (exact) mass is 410 g/mol. The van der Waals surface area contributed by atoms with Gasteiger partial charge >= 0.3 is 0 Å². The number of nitrogens with one attached hydrogen (secondary N) is 1. The van der Waals surface area contributed by atoms with E-state index < -0.39 is 0 Å². The molecule has 3 aromatic rings. The molecule has 1 aliphatic rings. The predicted molar refractivity (Wildman–Crippen MR) is 117 cm³/mol. The number of aryl methyl sites for hydroxylation is 1. The molecule has 1 N–H and O–H groups in total. The van der Waals surface area contributed by atoms with Crippen molar-refractivity contribution in [1.29, 1.82) is 0 Å². The average Bonchev–Trinajstić information content (AvgIpc) is 3.24. The Morgan fingerprint density at radius 1 is 1.21 bits per heavy atom. The number of fused-ring (bicyclic) bond motifs is 1. The Kier molecular flexibility index (Phi) is 6.70. The summed E-state index contributed by atoms with van der Waals surface area (Å²) in [5.41, 5.74) is 5.30. The van der Waals surface area contributed by atoms with Crippen LogP contribution in [0.2, 0.25) is 0 Å². The van der Waals surface area contributed by atoms with E-state index in [1.165, 1.54) is 11.1 Å². The summed E-state index contributed by atoms with van der Waals surface area (Å²) >= 11 is 0. The van der Waals surface area contributed by atoms with Gasteiger partial charge in [-0.05, 0) is 48.4 Å². The zero-order chi connectivity index (χ0) is 19.5. The maximum atomic E-state index is 13.7. The minimum Gasteiger partial charge on any atom is -0.306 e. The highest BCUT2D eigenvalue weighted by Crippen LogP contribution is 2.34. The van der Waals surface area contributed by atoms with Crippen molar-refractivity contribution in [3.8, 4) is 0 Å². The molecule has 1 unspecified atom stereocenters. The van der Waals surface area contributed by atoms with Gasteiger partial charge in [0.15, 0.2) is 0 Å². The molecule has 1 aliphatic carbocycles. The smallest absolute Gasteiger partial charge is 0.234 e. The lowest BCUT2D eigenvalue weighted by molar-refractivity contribution is -0.120. The quantitative estimate of drug-likeness (QED) is 0.643. The zero-order valence-electron chi connectivity index (χ0n) is 16.8. The molecule has 2 aromatic heterocycles. The van der Waals surface area contributed by atoms with Crippen LogP contribution < -0.4 is 4.90 Å². The third-order valence-electron chi connectivity index (χ3n) is 5.50. The van der Waals surface area contributed by atoms with E-state index in [4.69, 9.17) is 0 Å². The van der Waals surface area contributed by atoms with Crippen molar-refractivity contribution >= 4 is 24.0 Å². The fourth-order valence-electron chi connectivity index (χ4n) is 3.94. The number of aromatic amines is 1. The number of rotatable bonds is 5. The van der Waals surface area contributed by atoms with Gasteiger partial charge in [0.05, 0.1) is 30.5 Å². The number of hydrogen-bond donors (Lipinski definition) is 1. The highest BCUT2D eigenvalue weighted by atomic mass is 35.5. The summed E-state index contributed by atoms with van der Waals surface area (Å²) in [6.07, 6.45) is 8.40. The lowest BCUT2D eigenvalue weighted by atomic mass is 9.82. The summed E-state index contributed by atoms with van der Waals surface area (Å²) in [5, 5.41) is 6.88. The summed E-state index contributed by atoms with van der Waals surface area (Å²) in [6, 6.07) is 12.4. The summed E-state index contributed by atoms with van der Waals surface area (Å²) in [5.74, 6) is 0.381. The fraction of sp³-hybridized carbons (Fsp3) is 0.348. The molecule has 0 bridgehead atoms. The Balaban J connectivity index is 0.00000240. The maximum absolute atomic E-state index is 13.7. The van der Waals surface area contributed by atoms with E-state index in [-0.39, 0.29) is 24.2 Å². The normalized spacial score (nSPS) is 15.5. The Hall–Kier alpha value is -2.66. The van der Waals surface area contributed by atoms with Gasteiger partial charge < -0.3 is 4.90 Å². The molecule has 2 heterocycles. The van der Waals surface area contributed by atoms with Crippen LogP contribution in [-0.4, -0.2) is 21.1 Å². The highest BCUT2D eigenvalue weighted by molar-refractivity contribution is 5.98. The molecule has 0 radical (unpaired) electrons. The summed E-state index contributed by atoms with van der Waals surface area (Å²) in [4.78, 5) is 20.1. The minimum atomic E-state index is -0.110. The lowest BCUT2D eigenvalue weighted by Crippen LogP contribution is -2.36. The number of carbonyl (C=O) groups excluding carboxylic acids is 1. The van der Waals surface area contributed by atoms with Crippen LogP contribution in [0.4, 0.5) is 5.69 Å². The van der Waals surface area contributed by atoms with E-state index in [2.05, 4.69) is 47.2 Å². The number of nitrogens with zero attached hydrogens (tertiary/aromatic N) is 3. The molecule has 0 saturated carbocycles. The van der Waals surface area contributed by atoms with Gasteiger partial charge in [-0.15, -0.1) is 12.4 Å². The number of anilines is 1. The number of benzene rings is 1. The van der Waals surface area contributed by atoms with Gasteiger partial charge in [-0.2, -0.15) is 5.10 Å². The Labute approximate surface area is 178 Å². The topological polar surface area (TPSA) is 61.9 Å². The molecule has 1 amide bonds. The fourth-order valence-corrected chi connectivity index (χ4v) is 3.94. The van der Waals surface area contributed by atoms with Gasteiger partial charge in [-0.1, -0.05) is 38.1 Å². The molecular formula is C23H27ClN4O. The van der Waals surface area contributed by atoms with E-state index in [0.717, 1.165) is 36.2 Å². The van der Waals surface area contributed by atoms with E-state index >= 15 is 0 Å². The third kappa shape index (κ3) is 4.51. The van der Waals surface area contributed by atoms with Crippen LogP contribution in [0.5, 0.6) is 0 Å². The minimum absolute atomic E-state index is 0. The molecule has 5 nitrogen and oxygen atoms in total. The lowest BCUT2D eigenvalue weighted by Gasteiger charge is -2.31. The van der Waals surface area contributed by atoms with Crippen LogP contribution in [-0.2, 0) is 17.8 Å². The molecule has 29 heavy (non-hydrogen) atoms. The van der Waals surface area contributed by atoms with Crippen LogP contribution in [0.25, 0.3) is 0 Å². The first-order valence-electron chi connectivity index (χ1n) is 9.96. The molecular weight excluding hydrogens is 384 g/mol. The first kappa shape index (κ1) is 21.1. The second-order valence-electron chi connectivity index (χ2n) is 7.77. The van der Waals surface area contributed by atoms with Crippen molar-refractivity contribution in [3.05, 3.63) is 77.4 Å². The first-order chi connectivity index (χ1) is 13.6. The van der Waals surface area contributed by atoms with Crippen LogP contribution in [0.3, 0.4) is 0 Å². The largest absolute Gasteiger partial charge is 0.306 e. The standard InChI is InChI=1S/C23H26N4O.ClH/c1-16(2)22-11-10-19(14-24-22)27(15-17-12-25-26-13-17)23(28)21-9-5-7-18-6-3-4-8-20(18)21;/h3-4,6,8,10-14,16,21H,5,7,9,15H2,1-2H3,(H,25,26);1H. The van der Waals surface area contributed by atoms with Crippen molar-refractivity contribution in [2.75, 3.05) is 4.90 Å². The van der Waals surface area contributed by atoms with Gasteiger partial charge in [-0.25, -0.2) is 0 Å². The van der Waals surface area contributed by atoms with E-state index in [9.17, 15) is 4.79 Å². The Bertz CT molecular complexity index is 938. The Morgan fingerprint density at radius 3 is 2.72 bits per heavy atom. The van der Waals surface area contributed by atoms with Gasteiger partial charge in [-0.3, -0.25) is 14.9 Å². The number of hydrogen-bond acceptors (Lipinski definition) is 3. The summed E-state index contributed by atoms with van der Waals surface area (Å²) < 4.78 is 0. The maximum Gasteiger partial charge on any atom is 0.234 e. The molecule has 6 heteroatoms. The molecule has 0 aliphatic heterocycles. The second kappa shape index (κ2) is 9.23. The average molecular weight is 411 g/mol. The molecule has 1 aromatic carbocycles. The molecule has 152 valence electrons. The van der Waals surface area contributed by atoms with Gasteiger partial charge in [0.1, 0.15) is 0 Å².